The Morgan fingerprint density at radius 1 is 1.11 bits per heavy atom. The topological polar surface area (TPSA) is 83.0 Å². The molecule has 0 radical (unpaired) electrons. The molecule has 28 heavy (non-hydrogen) atoms. The number of hydrogen-bond acceptors (Lipinski definition) is 6. The number of methoxy groups -OCH3 is 1. The fourth-order valence-corrected chi connectivity index (χ4v) is 3.43. The zero-order valence-corrected chi connectivity index (χ0v) is 15.4. The number of aromatic nitrogens is 7. The molecule has 138 valence electrons. The van der Waals surface area contributed by atoms with Crippen LogP contribution in [0.1, 0.15) is 11.5 Å². The molecule has 0 bridgehead atoms. The standard InChI is InChI=1S/C20H17N7O/c1-13-25-19-17(26(13)11-15-5-3-4-7-21-15)9-14(10-22-19)16-6-8-27-18(16)20(28-2)23-12-24-27/h3-10,12H,11H2,1-2H3. The van der Waals surface area contributed by atoms with Crippen LogP contribution in [-0.4, -0.2) is 41.2 Å². The lowest BCUT2D eigenvalue weighted by Gasteiger charge is -2.08. The van der Waals surface area contributed by atoms with Crippen molar-refractivity contribution in [2.24, 2.45) is 0 Å². The van der Waals surface area contributed by atoms with E-state index in [-0.39, 0.29) is 0 Å². The van der Waals surface area contributed by atoms with Gasteiger partial charge in [0.25, 0.3) is 0 Å². The molecule has 0 aliphatic heterocycles. The largest absolute Gasteiger partial charge is 0.479 e. The predicted octanol–water partition coefficient (Wildman–Crippen LogP) is 2.90. The van der Waals surface area contributed by atoms with E-state index in [0.29, 0.717) is 18.1 Å². The minimum atomic E-state index is 0.522. The highest BCUT2D eigenvalue weighted by molar-refractivity contribution is 5.87. The van der Waals surface area contributed by atoms with Crippen LogP contribution in [0.4, 0.5) is 0 Å². The maximum Gasteiger partial charge on any atom is 0.241 e. The number of hydrogen-bond donors (Lipinski definition) is 0. The van der Waals surface area contributed by atoms with Crippen molar-refractivity contribution in [1.29, 1.82) is 0 Å². The third-order valence-electron chi connectivity index (χ3n) is 4.77. The molecule has 0 atom stereocenters. The second-order valence-electron chi connectivity index (χ2n) is 6.42. The maximum atomic E-state index is 5.42. The zero-order valence-electron chi connectivity index (χ0n) is 15.4. The van der Waals surface area contributed by atoms with Gasteiger partial charge in [0.1, 0.15) is 17.7 Å². The lowest BCUT2D eigenvalue weighted by Crippen LogP contribution is -2.03. The molecule has 8 nitrogen and oxygen atoms in total. The monoisotopic (exact) mass is 371 g/mol. The molecule has 0 amide bonds. The molecule has 0 aliphatic rings. The first-order valence-electron chi connectivity index (χ1n) is 8.84. The Labute approximate surface area is 160 Å². The van der Waals surface area contributed by atoms with Crippen molar-refractivity contribution in [3.05, 3.63) is 66.8 Å². The van der Waals surface area contributed by atoms with Crippen molar-refractivity contribution in [3.63, 3.8) is 0 Å². The van der Waals surface area contributed by atoms with Crippen LogP contribution in [0.15, 0.2) is 55.2 Å². The van der Waals surface area contributed by atoms with Gasteiger partial charge < -0.3 is 9.30 Å². The van der Waals surface area contributed by atoms with Crippen molar-refractivity contribution in [2.75, 3.05) is 7.11 Å². The Bertz CT molecular complexity index is 1290. The van der Waals surface area contributed by atoms with E-state index >= 15 is 0 Å². The van der Waals surface area contributed by atoms with Crippen LogP contribution >= 0.6 is 0 Å². The fourth-order valence-electron chi connectivity index (χ4n) is 3.43. The normalized spacial score (nSPS) is 11.4. The lowest BCUT2D eigenvalue weighted by atomic mass is 10.1. The molecular formula is C20H17N7O. The summed E-state index contributed by atoms with van der Waals surface area (Å²) in [6, 6.07) is 9.98. The highest BCUT2D eigenvalue weighted by atomic mass is 16.5. The van der Waals surface area contributed by atoms with Crippen molar-refractivity contribution >= 4 is 16.7 Å². The average Bonchev–Trinajstić information content (AvgIpc) is 3.30. The minimum absolute atomic E-state index is 0.522. The minimum Gasteiger partial charge on any atom is -0.479 e. The Balaban J connectivity index is 1.67. The number of pyridine rings is 2. The highest BCUT2D eigenvalue weighted by Crippen LogP contribution is 2.31. The SMILES string of the molecule is COc1ncnn2ccc(-c3cnc4nc(C)n(Cc5ccccn5)c4c3)c12. The molecule has 0 saturated heterocycles. The van der Waals surface area contributed by atoms with E-state index in [0.717, 1.165) is 33.7 Å². The fraction of sp³-hybridized carbons (Fsp3) is 0.150. The first-order chi connectivity index (χ1) is 13.7. The maximum absolute atomic E-state index is 5.42. The van der Waals surface area contributed by atoms with Crippen LogP contribution in [0, 0.1) is 6.92 Å². The number of imidazole rings is 1. The van der Waals surface area contributed by atoms with Crippen LogP contribution < -0.4 is 4.74 Å². The van der Waals surface area contributed by atoms with Crippen LogP contribution in [0.2, 0.25) is 0 Å². The van der Waals surface area contributed by atoms with E-state index in [2.05, 4.69) is 35.7 Å². The quantitative estimate of drug-likeness (QED) is 0.483. The highest BCUT2D eigenvalue weighted by Gasteiger charge is 2.15. The van der Waals surface area contributed by atoms with Gasteiger partial charge in [-0.05, 0) is 31.2 Å². The van der Waals surface area contributed by atoms with E-state index in [1.807, 2.05) is 43.6 Å². The Hall–Kier alpha value is -3.81. The van der Waals surface area contributed by atoms with Crippen molar-refractivity contribution in [1.82, 2.24) is 34.1 Å². The summed E-state index contributed by atoms with van der Waals surface area (Å²) < 4.78 is 9.30. The summed E-state index contributed by atoms with van der Waals surface area (Å²) in [7, 11) is 1.60. The van der Waals surface area contributed by atoms with E-state index in [1.54, 1.807) is 17.8 Å². The number of aryl methyl sites for hydroxylation is 1. The molecule has 0 unspecified atom stereocenters. The van der Waals surface area contributed by atoms with E-state index in [1.165, 1.54) is 6.33 Å². The van der Waals surface area contributed by atoms with Gasteiger partial charge in [-0.2, -0.15) is 10.1 Å². The van der Waals surface area contributed by atoms with E-state index in [4.69, 9.17) is 4.74 Å². The lowest BCUT2D eigenvalue weighted by molar-refractivity contribution is 0.399. The molecule has 5 aromatic heterocycles. The Kier molecular flexibility index (Phi) is 3.75. The number of nitrogens with zero attached hydrogens (tertiary/aromatic N) is 7. The number of ether oxygens (including phenoxy) is 1. The summed E-state index contributed by atoms with van der Waals surface area (Å²) in [6.07, 6.45) is 6.98. The van der Waals surface area contributed by atoms with Gasteiger partial charge in [-0.1, -0.05) is 6.07 Å². The molecule has 0 N–H and O–H groups in total. The van der Waals surface area contributed by atoms with Gasteiger partial charge >= 0.3 is 0 Å². The third kappa shape index (κ3) is 2.58. The van der Waals surface area contributed by atoms with Crippen LogP contribution in [0.3, 0.4) is 0 Å². The van der Waals surface area contributed by atoms with Gasteiger partial charge in [0.05, 0.1) is 24.9 Å². The molecule has 0 fully saturated rings. The second kappa shape index (κ2) is 6.41. The van der Waals surface area contributed by atoms with Gasteiger partial charge in [-0.3, -0.25) is 4.98 Å². The summed E-state index contributed by atoms with van der Waals surface area (Å²) in [5.74, 6) is 1.42. The molecule has 0 aromatic carbocycles. The summed E-state index contributed by atoms with van der Waals surface area (Å²) in [5, 5.41) is 4.26. The summed E-state index contributed by atoms with van der Waals surface area (Å²) in [5.41, 5.74) is 5.35. The van der Waals surface area contributed by atoms with Crippen LogP contribution in [0.25, 0.3) is 27.8 Å². The van der Waals surface area contributed by atoms with Gasteiger partial charge in [-0.25, -0.2) is 14.5 Å². The smallest absolute Gasteiger partial charge is 0.241 e. The molecule has 5 aromatic rings. The number of fused-ring (bicyclic) bond motifs is 2. The Morgan fingerprint density at radius 2 is 2.04 bits per heavy atom. The molecule has 5 heterocycles. The first kappa shape index (κ1) is 16.4. The summed E-state index contributed by atoms with van der Waals surface area (Å²) >= 11 is 0. The summed E-state index contributed by atoms with van der Waals surface area (Å²) in [4.78, 5) is 17.8. The molecule has 5 rings (SSSR count). The van der Waals surface area contributed by atoms with E-state index in [9.17, 15) is 0 Å². The van der Waals surface area contributed by atoms with Gasteiger partial charge in [-0.15, -0.1) is 0 Å². The summed E-state index contributed by atoms with van der Waals surface area (Å²) in [6.45, 7) is 2.62. The van der Waals surface area contributed by atoms with Crippen LogP contribution in [0.5, 0.6) is 5.88 Å². The number of rotatable bonds is 4. The molecule has 0 saturated carbocycles. The van der Waals surface area contributed by atoms with Crippen LogP contribution in [-0.2, 0) is 6.54 Å². The average molecular weight is 371 g/mol. The second-order valence-corrected chi connectivity index (χ2v) is 6.42. The molecule has 0 aliphatic carbocycles. The van der Waals surface area contributed by atoms with E-state index < -0.39 is 0 Å². The predicted molar refractivity (Wildman–Crippen MR) is 104 cm³/mol. The molecule has 8 heteroatoms. The van der Waals surface area contributed by atoms with Gasteiger partial charge in [0, 0.05) is 29.7 Å². The van der Waals surface area contributed by atoms with Gasteiger partial charge in [0.2, 0.25) is 5.88 Å². The van der Waals surface area contributed by atoms with Crippen molar-refractivity contribution in [2.45, 2.75) is 13.5 Å². The van der Waals surface area contributed by atoms with Gasteiger partial charge in [0.15, 0.2) is 5.65 Å². The van der Waals surface area contributed by atoms with Crippen molar-refractivity contribution < 1.29 is 4.74 Å². The molecule has 0 spiro atoms. The molecular weight excluding hydrogens is 354 g/mol. The third-order valence-corrected chi connectivity index (χ3v) is 4.77. The Morgan fingerprint density at radius 3 is 2.86 bits per heavy atom. The first-order valence-corrected chi connectivity index (χ1v) is 8.84. The van der Waals surface area contributed by atoms with Crippen molar-refractivity contribution in [3.8, 4) is 17.0 Å². The zero-order chi connectivity index (χ0) is 19.1.